The molecule has 0 amide bonds. The number of hydrogen-bond acceptors (Lipinski definition) is 5. The fourth-order valence-electron chi connectivity index (χ4n) is 4.85. The van der Waals surface area contributed by atoms with Gasteiger partial charge in [-0.1, -0.05) is 24.6 Å². The van der Waals surface area contributed by atoms with Gasteiger partial charge in [0.1, 0.15) is 0 Å². The predicted octanol–water partition coefficient (Wildman–Crippen LogP) is 4.46. The molecule has 0 radical (unpaired) electrons. The number of carbonyl (C=O) groups excluding carboxylic acids is 1. The fourth-order valence-corrected chi connectivity index (χ4v) is 4.85. The highest BCUT2D eigenvalue weighted by atomic mass is 16.7. The van der Waals surface area contributed by atoms with Crippen molar-refractivity contribution in [2.45, 2.75) is 45.6 Å². The molecule has 2 heterocycles. The lowest BCUT2D eigenvalue weighted by atomic mass is 9.81. The number of allylic oxidation sites excluding steroid dienone is 4. The third-order valence-corrected chi connectivity index (χ3v) is 6.58. The first kappa shape index (κ1) is 20.0. The molecule has 4 rings (SSSR count). The molecule has 3 atom stereocenters. The predicted molar refractivity (Wildman–Crippen MR) is 113 cm³/mol. The van der Waals surface area contributed by atoms with Gasteiger partial charge in [-0.15, -0.1) is 0 Å². The number of nitrogens with zero attached hydrogens (tertiary/aromatic N) is 1. The minimum Gasteiger partial charge on any atom is -0.492 e. The highest BCUT2D eigenvalue weighted by Crippen LogP contribution is 2.50. The van der Waals surface area contributed by atoms with Crippen molar-refractivity contribution >= 4 is 5.78 Å². The molecule has 0 aromatic heterocycles. The van der Waals surface area contributed by atoms with Gasteiger partial charge in [-0.05, 0) is 62.8 Å². The molecule has 3 aliphatic rings. The summed E-state index contributed by atoms with van der Waals surface area (Å²) < 4.78 is 17.0. The first-order valence-electron chi connectivity index (χ1n) is 10.5. The quantitative estimate of drug-likeness (QED) is 0.542. The first-order valence-corrected chi connectivity index (χ1v) is 10.5. The Morgan fingerprint density at radius 1 is 1.38 bits per heavy atom. The van der Waals surface area contributed by atoms with E-state index in [2.05, 4.69) is 44.0 Å². The zero-order valence-electron chi connectivity index (χ0n) is 17.9. The Bertz CT molecular complexity index is 857. The summed E-state index contributed by atoms with van der Waals surface area (Å²) in [5, 5.41) is 0. The molecule has 0 spiro atoms. The monoisotopic (exact) mass is 397 g/mol. The topological polar surface area (TPSA) is 48.0 Å². The molecule has 1 aromatic rings. The minimum absolute atomic E-state index is 0.0220. The van der Waals surface area contributed by atoms with E-state index in [1.165, 1.54) is 11.1 Å². The van der Waals surface area contributed by atoms with Gasteiger partial charge in [-0.25, -0.2) is 0 Å². The van der Waals surface area contributed by atoms with E-state index in [4.69, 9.17) is 14.2 Å². The van der Waals surface area contributed by atoms with Gasteiger partial charge in [0.25, 0.3) is 0 Å². The van der Waals surface area contributed by atoms with E-state index in [1.54, 1.807) is 13.2 Å². The van der Waals surface area contributed by atoms with Crippen molar-refractivity contribution in [3.8, 4) is 17.2 Å². The van der Waals surface area contributed by atoms with Crippen LogP contribution < -0.4 is 14.2 Å². The number of hydrogen-bond donors (Lipinski definition) is 0. The van der Waals surface area contributed by atoms with Crippen LogP contribution in [0.5, 0.6) is 17.2 Å². The number of benzene rings is 1. The Morgan fingerprint density at radius 3 is 2.97 bits per heavy atom. The SMILES string of the molecule is COc1c2c(cc3c1[C@H](CC(=O)/C=C/[C@@H]1CC=C(C)C[C@@H]1C)N(C)CC3)OCO2. The lowest BCUT2D eigenvalue weighted by Crippen LogP contribution is -2.33. The van der Waals surface area contributed by atoms with Gasteiger partial charge in [0.15, 0.2) is 17.3 Å². The molecule has 5 nitrogen and oxygen atoms in total. The molecule has 5 heteroatoms. The van der Waals surface area contributed by atoms with Crippen LogP contribution in [0, 0.1) is 11.8 Å². The number of rotatable bonds is 5. The van der Waals surface area contributed by atoms with Crippen molar-refractivity contribution in [1.29, 1.82) is 0 Å². The van der Waals surface area contributed by atoms with Gasteiger partial charge in [0.2, 0.25) is 12.5 Å². The third-order valence-electron chi connectivity index (χ3n) is 6.58. The lowest BCUT2D eigenvalue weighted by Gasteiger charge is -2.35. The molecular formula is C24H31NO4. The van der Waals surface area contributed by atoms with E-state index >= 15 is 0 Å². The van der Waals surface area contributed by atoms with E-state index in [0.29, 0.717) is 29.8 Å². The maximum absolute atomic E-state index is 12.9. The average Bonchev–Trinajstić information content (AvgIpc) is 3.16. The molecule has 156 valence electrons. The summed E-state index contributed by atoms with van der Waals surface area (Å²) in [7, 11) is 3.73. The molecular weight excluding hydrogens is 366 g/mol. The van der Waals surface area contributed by atoms with Crippen molar-refractivity contribution in [2.24, 2.45) is 11.8 Å². The zero-order valence-corrected chi connectivity index (χ0v) is 17.9. The van der Waals surface area contributed by atoms with Crippen molar-refractivity contribution in [1.82, 2.24) is 4.90 Å². The fraction of sp³-hybridized carbons (Fsp3) is 0.542. The maximum Gasteiger partial charge on any atom is 0.231 e. The highest BCUT2D eigenvalue weighted by molar-refractivity contribution is 5.90. The van der Waals surface area contributed by atoms with Crippen LogP contribution in [-0.2, 0) is 11.2 Å². The Kier molecular flexibility index (Phi) is 5.68. The van der Waals surface area contributed by atoms with Crippen LogP contribution in [0.4, 0.5) is 0 Å². The molecule has 0 unspecified atom stereocenters. The molecule has 2 aliphatic heterocycles. The summed E-state index contributed by atoms with van der Waals surface area (Å²) in [6.07, 6.45) is 9.72. The van der Waals surface area contributed by atoms with E-state index in [9.17, 15) is 4.79 Å². The Morgan fingerprint density at radius 2 is 2.21 bits per heavy atom. The van der Waals surface area contributed by atoms with E-state index in [1.807, 2.05) is 0 Å². The third kappa shape index (κ3) is 3.93. The van der Waals surface area contributed by atoms with Crippen molar-refractivity contribution in [2.75, 3.05) is 27.5 Å². The van der Waals surface area contributed by atoms with Crippen LogP contribution in [0.15, 0.2) is 29.9 Å². The van der Waals surface area contributed by atoms with Crippen LogP contribution in [0.3, 0.4) is 0 Å². The molecule has 1 aliphatic carbocycles. The summed E-state index contributed by atoms with van der Waals surface area (Å²) in [4.78, 5) is 15.1. The van der Waals surface area contributed by atoms with Crippen LogP contribution in [0.1, 0.15) is 50.3 Å². The van der Waals surface area contributed by atoms with Gasteiger partial charge >= 0.3 is 0 Å². The van der Waals surface area contributed by atoms with Crippen molar-refractivity contribution < 1.29 is 19.0 Å². The molecule has 0 N–H and O–H groups in total. The lowest BCUT2D eigenvalue weighted by molar-refractivity contribution is -0.115. The van der Waals surface area contributed by atoms with Gasteiger partial charge in [-0.2, -0.15) is 0 Å². The summed E-state index contributed by atoms with van der Waals surface area (Å²) in [5.74, 6) is 3.31. The highest BCUT2D eigenvalue weighted by Gasteiger charge is 2.34. The molecule has 0 bridgehead atoms. The minimum atomic E-state index is -0.0220. The Hall–Kier alpha value is -2.27. The van der Waals surface area contributed by atoms with E-state index < -0.39 is 0 Å². The normalized spacial score (nSPS) is 26.3. The van der Waals surface area contributed by atoms with E-state index in [-0.39, 0.29) is 18.6 Å². The first-order chi connectivity index (χ1) is 14.0. The molecule has 29 heavy (non-hydrogen) atoms. The second-order valence-corrected chi connectivity index (χ2v) is 8.62. The zero-order chi connectivity index (χ0) is 20.5. The number of ether oxygens (including phenoxy) is 3. The molecule has 0 saturated carbocycles. The largest absolute Gasteiger partial charge is 0.492 e. The van der Waals surface area contributed by atoms with Gasteiger partial charge < -0.3 is 14.2 Å². The number of fused-ring (bicyclic) bond motifs is 2. The van der Waals surface area contributed by atoms with Gasteiger partial charge in [0.05, 0.1) is 7.11 Å². The second-order valence-electron chi connectivity index (χ2n) is 8.62. The maximum atomic E-state index is 12.9. The number of ketones is 1. The number of methoxy groups -OCH3 is 1. The summed E-state index contributed by atoms with van der Waals surface area (Å²) in [6, 6.07) is 2.03. The van der Waals surface area contributed by atoms with Crippen LogP contribution in [-0.4, -0.2) is 38.2 Å². The Labute approximate surface area is 173 Å². The van der Waals surface area contributed by atoms with Crippen LogP contribution >= 0.6 is 0 Å². The summed E-state index contributed by atoms with van der Waals surface area (Å²) >= 11 is 0. The van der Waals surface area contributed by atoms with Crippen molar-refractivity contribution in [3.63, 3.8) is 0 Å². The standard InChI is InChI=1S/C24H31NO4/c1-15-5-6-17(16(2)11-15)7-8-19(26)13-20-22-18(9-10-25(20)3)12-21-23(24(22)27-4)29-14-28-21/h5,7-8,12,16-17,20H,6,9-11,13-14H2,1-4H3/b8-7+/t16-,17-,20-/m0/s1. The van der Waals surface area contributed by atoms with Crippen LogP contribution in [0.25, 0.3) is 0 Å². The van der Waals surface area contributed by atoms with Gasteiger partial charge in [-0.3, -0.25) is 9.69 Å². The molecule has 0 fully saturated rings. The number of likely N-dealkylation sites (N-methyl/N-ethyl adjacent to an activating group) is 1. The molecule has 0 saturated heterocycles. The van der Waals surface area contributed by atoms with Gasteiger partial charge in [0, 0.05) is 24.6 Å². The summed E-state index contributed by atoms with van der Waals surface area (Å²) in [5.41, 5.74) is 3.71. The number of carbonyl (C=O) groups is 1. The Balaban J connectivity index is 1.55. The smallest absolute Gasteiger partial charge is 0.231 e. The summed E-state index contributed by atoms with van der Waals surface area (Å²) in [6.45, 7) is 5.58. The van der Waals surface area contributed by atoms with E-state index in [0.717, 1.165) is 37.1 Å². The molecule has 1 aromatic carbocycles. The average molecular weight is 398 g/mol. The second kappa shape index (κ2) is 8.23. The van der Waals surface area contributed by atoms with Crippen LogP contribution in [0.2, 0.25) is 0 Å². The van der Waals surface area contributed by atoms with Crippen molar-refractivity contribution in [3.05, 3.63) is 41.0 Å².